The summed E-state index contributed by atoms with van der Waals surface area (Å²) < 4.78 is 0. The fourth-order valence-corrected chi connectivity index (χ4v) is 2.96. The molecule has 0 atom stereocenters. The normalized spacial score (nSPS) is 11.8. The Kier molecular flexibility index (Phi) is 4.10. The minimum Gasteiger partial charge on any atom is -0.325 e. The Morgan fingerprint density at radius 3 is 2.50 bits per heavy atom. The van der Waals surface area contributed by atoms with Crippen molar-refractivity contribution in [3.63, 3.8) is 0 Å². The first-order valence-corrected chi connectivity index (χ1v) is 7.96. The van der Waals surface area contributed by atoms with Crippen LogP contribution in [-0.4, -0.2) is 16.8 Å². The SMILES string of the molecule is CSc1ccc(-c2nc(CC(C)(C)N)cs2)cc1. The van der Waals surface area contributed by atoms with Crippen LogP contribution < -0.4 is 5.73 Å². The smallest absolute Gasteiger partial charge is 0.123 e. The van der Waals surface area contributed by atoms with Gasteiger partial charge in [-0.1, -0.05) is 12.1 Å². The van der Waals surface area contributed by atoms with Gasteiger partial charge in [0.05, 0.1) is 5.69 Å². The lowest BCUT2D eigenvalue weighted by Crippen LogP contribution is -2.34. The molecule has 96 valence electrons. The highest BCUT2D eigenvalue weighted by Crippen LogP contribution is 2.26. The van der Waals surface area contributed by atoms with Gasteiger partial charge in [-0.3, -0.25) is 0 Å². The van der Waals surface area contributed by atoms with Crippen LogP contribution in [0.5, 0.6) is 0 Å². The molecule has 1 aromatic carbocycles. The monoisotopic (exact) mass is 278 g/mol. The van der Waals surface area contributed by atoms with Gasteiger partial charge in [0.2, 0.25) is 0 Å². The van der Waals surface area contributed by atoms with Crippen LogP contribution in [0.25, 0.3) is 10.6 Å². The number of nitrogens with zero attached hydrogens (tertiary/aromatic N) is 1. The maximum absolute atomic E-state index is 6.02. The zero-order chi connectivity index (χ0) is 13.2. The number of benzene rings is 1. The summed E-state index contributed by atoms with van der Waals surface area (Å²) in [6, 6.07) is 8.52. The van der Waals surface area contributed by atoms with Crippen LogP contribution in [0.2, 0.25) is 0 Å². The highest BCUT2D eigenvalue weighted by molar-refractivity contribution is 7.98. The third-order valence-electron chi connectivity index (χ3n) is 2.53. The summed E-state index contributed by atoms with van der Waals surface area (Å²) in [7, 11) is 0. The minimum absolute atomic E-state index is 0.200. The molecule has 0 aliphatic carbocycles. The summed E-state index contributed by atoms with van der Waals surface area (Å²) in [5.74, 6) is 0. The Balaban J connectivity index is 2.18. The van der Waals surface area contributed by atoms with Gasteiger partial charge >= 0.3 is 0 Å². The van der Waals surface area contributed by atoms with Crippen molar-refractivity contribution >= 4 is 23.1 Å². The molecule has 0 saturated heterocycles. The summed E-state index contributed by atoms with van der Waals surface area (Å²) >= 11 is 3.44. The first-order valence-electron chi connectivity index (χ1n) is 5.86. The van der Waals surface area contributed by atoms with E-state index in [1.807, 2.05) is 13.8 Å². The summed E-state index contributed by atoms with van der Waals surface area (Å²) in [5, 5.41) is 3.17. The number of aromatic nitrogens is 1. The van der Waals surface area contributed by atoms with Gasteiger partial charge in [-0.05, 0) is 32.2 Å². The van der Waals surface area contributed by atoms with Gasteiger partial charge in [0, 0.05) is 27.8 Å². The second-order valence-electron chi connectivity index (χ2n) is 5.04. The highest BCUT2D eigenvalue weighted by Gasteiger charge is 2.14. The van der Waals surface area contributed by atoms with Gasteiger partial charge in [0.25, 0.3) is 0 Å². The molecular formula is C14H18N2S2. The molecule has 0 aliphatic heterocycles. The predicted octanol–water partition coefficient (Wildman–Crippen LogP) is 3.81. The molecular weight excluding hydrogens is 260 g/mol. The van der Waals surface area contributed by atoms with Gasteiger partial charge in [-0.25, -0.2) is 4.98 Å². The largest absolute Gasteiger partial charge is 0.325 e. The van der Waals surface area contributed by atoms with E-state index in [1.54, 1.807) is 23.1 Å². The zero-order valence-corrected chi connectivity index (χ0v) is 12.6. The Bertz CT molecular complexity index is 509. The lowest BCUT2D eigenvalue weighted by atomic mass is 10.0. The molecule has 0 radical (unpaired) electrons. The van der Waals surface area contributed by atoms with Crippen LogP contribution in [0.4, 0.5) is 0 Å². The number of hydrogen-bond donors (Lipinski definition) is 1. The Hall–Kier alpha value is -0.840. The van der Waals surface area contributed by atoms with Gasteiger partial charge in [0.15, 0.2) is 0 Å². The number of nitrogens with two attached hydrogens (primary N) is 1. The van der Waals surface area contributed by atoms with E-state index in [2.05, 4.69) is 40.9 Å². The van der Waals surface area contributed by atoms with Crippen molar-refractivity contribution in [3.8, 4) is 10.6 Å². The van der Waals surface area contributed by atoms with E-state index in [4.69, 9.17) is 5.73 Å². The molecule has 0 saturated carbocycles. The van der Waals surface area contributed by atoms with E-state index in [0.717, 1.165) is 17.1 Å². The standard InChI is InChI=1S/C14H18N2S2/c1-14(2,15)8-11-9-18-13(16-11)10-4-6-12(17-3)7-5-10/h4-7,9H,8,15H2,1-3H3. The first kappa shape index (κ1) is 13.6. The van der Waals surface area contributed by atoms with Crippen molar-refractivity contribution in [2.24, 2.45) is 5.73 Å². The molecule has 2 rings (SSSR count). The summed E-state index contributed by atoms with van der Waals surface area (Å²) in [5.41, 5.74) is 8.07. The van der Waals surface area contributed by atoms with Crippen molar-refractivity contribution in [2.45, 2.75) is 30.7 Å². The minimum atomic E-state index is -0.200. The molecule has 2 aromatic rings. The number of rotatable bonds is 4. The quantitative estimate of drug-likeness (QED) is 0.864. The molecule has 1 heterocycles. The van der Waals surface area contributed by atoms with Crippen molar-refractivity contribution in [3.05, 3.63) is 35.3 Å². The fraction of sp³-hybridized carbons (Fsp3) is 0.357. The fourth-order valence-electron chi connectivity index (χ4n) is 1.72. The van der Waals surface area contributed by atoms with Crippen LogP contribution in [-0.2, 0) is 6.42 Å². The van der Waals surface area contributed by atoms with E-state index in [1.165, 1.54) is 10.5 Å². The van der Waals surface area contributed by atoms with Gasteiger partial charge < -0.3 is 5.73 Å². The van der Waals surface area contributed by atoms with Crippen LogP contribution in [0.3, 0.4) is 0 Å². The Morgan fingerprint density at radius 1 is 1.28 bits per heavy atom. The summed E-state index contributed by atoms with van der Waals surface area (Å²) in [6.45, 7) is 4.05. The molecule has 0 unspecified atom stereocenters. The van der Waals surface area contributed by atoms with Crippen LogP contribution in [0.1, 0.15) is 19.5 Å². The van der Waals surface area contributed by atoms with Crippen molar-refractivity contribution in [2.75, 3.05) is 6.26 Å². The number of hydrogen-bond acceptors (Lipinski definition) is 4. The maximum Gasteiger partial charge on any atom is 0.123 e. The molecule has 1 aromatic heterocycles. The van der Waals surface area contributed by atoms with E-state index in [-0.39, 0.29) is 5.54 Å². The second kappa shape index (κ2) is 5.43. The highest BCUT2D eigenvalue weighted by atomic mass is 32.2. The van der Waals surface area contributed by atoms with Gasteiger partial charge in [-0.15, -0.1) is 23.1 Å². The number of thiazole rings is 1. The van der Waals surface area contributed by atoms with Crippen molar-refractivity contribution in [1.29, 1.82) is 0 Å². The Morgan fingerprint density at radius 2 is 1.94 bits per heavy atom. The molecule has 0 spiro atoms. The Labute approximate surface area is 117 Å². The first-order chi connectivity index (χ1) is 8.48. The molecule has 2 nitrogen and oxygen atoms in total. The van der Waals surface area contributed by atoms with Crippen LogP contribution in [0.15, 0.2) is 34.5 Å². The van der Waals surface area contributed by atoms with Gasteiger partial charge in [-0.2, -0.15) is 0 Å². The summed E-state index contributed by atoms with van der Waals surface area (Å²) in [6.07, 6.45) is 2.90. The second-order valence-corrected chi connectivity index (χ2v) is 6.78. The lowest BCUT2D eigenvalue weighted by molar-refractivity contribution is 0.511. The predicted molar refractivity (Wildman–Crippen MR) is 81.3 cm³/mol. The third-order valence-corrected chi connectivity index (χ3v) is 4.21. The van der Waals surface area contributed by atoms with E-state index in [0.29, 0.717) is 0 Å². The molecule has 0 fully saturated rings. The average molecular weight is 278 g/mol. The topological polar surface area (TPSA) is 38.9 Å². The molecule has 4 heteroatoms. The van der Waals surface area contributed by atoms with Crippen LogP contribution in [0, 0.1) is 0 Å². The third kappa shape index (κ3) is 3.57. The van der Waals surface area contributed by atoms with E-state index < -0.39 is 0 Å². The van der Waals surface area contributed by atoms with Gasteiger partial charge in [0.1, 0.15) is 5.01 Å². The van der Waals surface area contributed by atoms with Crippen molar-refractivity contribution in [1.82, 2.24) is 4.98 Å². The summed E-state index contributed by atoms with van der Waals surface area (Å²) in [4.78, 5) is 5.93. The molecule has 0 aliphatic rings. The van der Waals surface area contributed by atoms with E-state index in [9.17, 15) is 0 Å². The number of thioether (sulfide) groups is 1. The van der Waals surface area contributed by atoms with Crippen LogP contribution >= 0.6 is 23.1 Å². The zero-order valence-electron chi connectivity index (χ0n) is 10.9. The average Bonchev–Trinajstić information content (AvgIpc) is 2.75. The molecule has 18 heavy (non-hydrogen) atoms. The van der Waals surface area contributed by atoms with Crippen molar-refractivity contribution < 1.29 is 0 Å². The maximum atomic E-state index is 6.02. The lowest BCUT2D eigenvalue weighted by Gasteiger charge is -2.16. The molecule has 0 bridgehead atoms. The van der Waals surface area contributed by atoms with E-state index >= 15 is 0 Å². The molecule has 0 amide bonds. The molecule has 2 N–H and O–H groups in total.